The van der Waals surface area contributed by atoms with E-state index in [0.29, 0.717) is 43.1 Å². The third-order valence-corrected chi connectivity index (χ3v) is 6.45. The summed E-state index contributed by atoms with van der Waals surface area (Å²) in [5.41, 5.74) is 8.40. The van der Waals surface area contributed by atoms with Gasteiger partial charge in [-0.05, 0) is 48.2 Å². The monoisotopic (exact) mass is 473 g/mol. The molecule has 1 saturated heterocycles. The molecule has 0 bridgehead atoms. The lowest BCUT2D eigenvalue weighted by atomic mass is 9.86. The van der Waals surface area contributed by atoms with Crippen LogP contribution >= 0.6 is 0 Å². The van der Waals surface area contributed by atoms with Gasteiger partial charge in [0.2, 0.25) is 0 Å². The first-order valence-electron chi connectivity index (χ1n) is 11.8. The van der Waals surface area contributed by atoms with E-state index in [4.69, 9.17) is 15.2 Å². The first-order valence-corrected chi connectivity index (χ1v) is 11.8. The zero-order valence-corrected chi connectivity index (χ0v) is 20.4. The first-order chi connectivity index (χ1) is 16.9. The zero-order valence-electron chi connectivity index (χ0n) is 20.4. The number of rotatable bonds is 8. The topological polar surface area (TPSA) is 106 Å². The van der Waals surface area contributed by atoms with Gasteiger partial charge in [0.05, 0.1) is 30.2 Å². The molecular weight excluding hydrogens is 442 g/mol. The van der Waals surface area contributed by atoms with Gasteiger partial charge in [0.25, 0.3) is 5.91 Å². The van der Waals surface area contributed by atoms with Gasteiger partial charge >= 0.3 is 0 Å². The molecule has 1 aliphatic heterocycles. The lowest BCUT2D eigenvalue weighted by molar-refractivity contribution is -0.173. The van der Waals surface area contributed by atoms with Gasteiger partial charge in [-0.15, -0.1) is 0 Å². The minimum atomic E-state index is -1.03. The van der Waals surface area contributed by atoms with Crippen LogP contribution in [0.3, 0.4) is 0 Å². The highest BCUT2D eigenvalue weighted by atomic mass is 16.5. The third-order valence-electron chi connectivity index (χ3n) is 6.45. The average molecular weight is 474 g/mol. The fourth-order valence-electron chi connectivity index (χ4n) is 4.60. The van der Waals surface area contributed by atoms with Crippen LogP contribution in [-0.2, 0) is 28.6 Å². The molecule has 1 aliphatic rings. The Hall–Kier alpha value is -3.67. The Morgan fingerprint density at radius 1 is 1.29 bits per heavy atom. The van der Waals surface area contributed by atoms with Gasteiger partial charge in [0.1, 0.15) is 17.6 Å². The Bertz CT molecular complexity index is 1240. The number of nitrogens with two attached hydrogens (primary N) is 1. The van der Waals surface area contributed by atoms with E-state index in [-0.39, 0.29) is 11.9 Å². The highest BCUT2D eigenvalue weighted by molar-refractivity contribution is 5.87. The molecule has 0 spiro atoms. The highest BCUT2D eigenvalue weighted by Crippen LogP contribution is 2.38. The average Bonchev–Trinajstić information content (AvgIpc) is 3.28. The fraction of sp³-hybridized carbons (Fsp3) is 0.370. The number of aryl methyl sites for hydroxylation is 1. The number of morpholine rings is 1. The molecule has 2 atom stereocenters. The molecular formula is C27H31N5O3. The first kappa shape index (κ1) is 24.5. The number of nitrogens with zero attached hydrogens (tertiary/aromatic N) is 4. The largest absolute Gasteiger partial charge is 0.456 e. The van der Waals surface area contributed by atoms with E-state index in [9.17, 15) is 10.1 Å². The maximum atomic E-state index is 13.2. The number of imidazole rings is 1. The van der Waals surface area contributed by atoms with Gasteiger partial charge in [-0.1, -0.05) is 31.5 Å². The van der Waals surface area contributed by atoms with Gasteiger partial charge in [-0.2, -0.15) is 5.26 Å². The number of hydrogen-bond acceptors (Lipinski definition) is 6. The number of nitriles is 1. The van der Waals surface area contributed by atoms with Crippen molar-refractivity contribution in [2.24, 2.45) is 12.8 Å². The molecule has 2 N–H and O–H groups in total. The van der Waals surface area contributed by atoms with Crippen molar-refractivity contribution in [1.82, 2.24) is 14.5 Å². The predicted molar refractivity (Wildman–Crippen MR) is 132 cm³/mol. The Labute approximate surface area is 205 Å². The van der Waals surface area contributed by atoms with E-state index in [1.54, 1.807) is 30.5 Å². The SMILES string of the molecule is CCCC1(c2cccc(Oc3cc(CC(N)c4cncn4C)ccc3C#N)c2)OCCN(C)C1=O. The maximum absolute atomic E-state index is 13.2. The maximum Gasteiger partial charge on any atom is 0.259 e. The Balaban J connectivity index is 1.62. The molecule has 35 heavy (non-hydrogen) atoms. The molecule has 4 rings (SSSR count). The molecule has 0 radical (unpaired) electrons. The second-order valence-corrected chi connectivity index (χ2v) is 8.96. The van der Waals surface area contributed by atoms with Crippen molar-refractivity contribution in [3.05, 3.63) is 77.4 Å². The van der Waals surface area contributed by atoms with Crippen molar-refractivity contribution in [2.75, 3.05) is 20.2 Å². The predicted octanol–water partition coefficient (Wildman–Crippen LogP) is 3.81. The van der Waals surface area contributed by atoms with Gasteiger partial charge in [0.15, 0.2) is 5.60 Å². The van der Waals surface area contributed by atoms with Gasteiger partial charge in [-0.25, -0.2) is 4.98 Å². The van der Waals surface area contributed by atoms with Crippen molar-refractivity contribution in [3.63, 3.8) is 0 Å². The van der Waals surface area contributed by atoms with Crippen molar-refractivity contribution < 1.29 is 14.3 Å². The molecule has 2 unspecified atom stereocenters. The van der Waals surface area contributed by atoms with Crippen LogP contribution in [0.5, 0.6) is 11.5 Å². The number of carbonyl (C=O) groups excluding carboxylic acids is 1. The molecule has 0 aliphatic carbocycles. The molecule has 1 fully saturated rings. The summed E-state index contributed by atoms with van der Waals surface area (Å²) < 4.78 is 14.2. The van der Waals surface area contributed by atoms with Crippen LogP contribution < -0.4 is 10.5 Å². The van der Waals surface area contributed by atoms with Crippen molar-refractivity contribution >= 4 is 5.91 Å². The summed E-state index contributed by atoms with van der Waals surface area (Å²) >= 11 is 0. The van der Waals surface area contributed by atoms with Crippen LogP contribution in [0.1, 0.15) is 48.2 Å². The fourth-order valence-corrected chi connectivity index (χ4v) is 4.60. The summed E-state index contributed by atoms with van der Waals surface area (Å²) in [5.74, 6) is 0.927. The summed E-state index contributed by atoms with van der Waals surface area (Å²) in [6.07, 6.45) is 5.41. The van der Waals surface area contributed by atoms with E-state index in [1.807, 2.05) is 54.9 Å². The van der Waals surface area contributed by atoms with Crippen LogP contribution in [0.25, 0.3) is 0 Å². The molecule has 8 heteroatoms. The van der Waals surface area contributed by atoms with E-state index in [2.05, 4.69) is 11.1 Å². The normalized spacial score (nSPS) is 18.8. The van der Waals surface area contributed by atoms with Crippen LogP contribution in [-0.4, -0.2) is 40.6 Å². The number of amides is 1. The van der Waals surface area contributed by atoms with E-state index in [1.165, 1.54) is 0 Å². The quantitative estimate of drug-likeness (QED) is 0.533. The van der Waals surface area contributed by atoms with E-state index >= 15 is 0 Å². The molecule has 2 heterocycles. The Morgan fingerprint density at radius 2 is 2.11 bits per heavy atom. The van der Waals surface area contributed by atoms with Crippen molar-refractivity contribution in [3.8, 4) is 17.6 Å². The summed E-state index contributed by atoms with van der Waals surface area (Å²) in [6.45, 7) is 3.08. The molecule has 182 valence electrons. The molecule has 2 aromatic carbocycles. The number of benzene rings is 2. The highest BCUT2D eigenvalue weighted by Gasteiger charge is 2.45. The van der Waals surface area contributed by atoms with Crippen LogP contribution in [0.4, 0.5) is 0 Å². The molecule has 0 saturated carbocycles. The smallest absolute Gasteiger partial charge is 0.259 e. The summed E-state index contributed by atoms with van der Waals surface area (Å²) in [6, 6.07) is 14.8. The molecule has 1 amide bonds. The summed E-state index contributed by atoms with van der Waals surface area (Å²) in [4.78, 5) is 19.0. The van der Waals surface area contributed by atoms with Crippen molar-refractivity contribution in [1.29, 1.82) is 5.26 Å². The van der Waals surface area contributed by atoms with E-state index < -0.39 is 5.60 Å². The van der Waals surface area contributed by atoms with Crippen LogP contribution in [0, 0.1) is 11.3 Å². The summed E-state index contributed by atoms with van der Waals surface area (Å²) in [5, 5.41) is 9.65. The minimum Gasteiger partial charge on any atom is -0.456 e. The number of ether oxygens (including phenoxy) is 2. The Kier molecular flexibility index (Phi) is 7.20. The second kappa shape index (κ2) is 10.3. The minimum absolute atomic E-state index is 0.0494. The lowest BCUT2D eigenvalue weighted by Crippen LogP contribution is -2.53. The molecule has 1 aromatic heterocycles. The Morgan fingerprint density at radius 3 is 2.83 bits per heavy atom. The number of carbonyl (C=O) groups is 1. The number of aromatic nitrogens is 2. The molecule has 8 nitrogen and oxygen atoms in total. The standard InChI is InChI=1S/C27H31N5O3/c1-4-10-27(26(33)31(2)11-12-34-27)21-6-5-7-22(15-21)35-25-14-19(8-9-20(25)16-28)13-23(29)24-17-30-18-32(24)3/h5-9,14-15,17-18,23H,4,10-13,29H2,1-3H3. The van der Waals surface area contributed by atoms with Gasteiger partial charge < -0.3 is 24.7 Å². The zero-order chi connectivity index (χ0) is 25.0. The third kappa shape index (κ3) is 4.92. The van der Waals surface area contributed by atoms with Gasteiger partial charge in [0, 0.05) is 26.8 Å². The number of likely N-dealkylation sites (N-methyl/N-ethyl adjacent to an activating group) is 1. The summed E-state index contributed by atoms with van der Waals surface area (Å²) in [7, 11) is 3.71. The lowest BCUT2D eigenvalue weighted by Gasteiger charge is -2.40. The molecule has 3 aromatic rings. The second-order valence-electron chi connectivity index (χ2n) is 8.96. The van der Waals surface area contributed by atoms with Crippen molar-refractivity contribution in [2.45, 2.75) is 37.8 Å². The van der Waals surface area contributed by atoms with Gasteiger partial charge in [-0.3, -0.25) is 4.79 Å². The van der Waals surface area contributed by atoms with Crippen LogP contribution in [0.15, 0.2) is 55.0 Å². The van der Waals surface area contributed by atoms with Crippen LogP contribution in [0.2, 0.25) is 0 Å². The number of hydrogen-bond donors (Lipinski definition) is 1. The van der Waals surface area contributed by atoms with E-state index in [0.717, 1.165) is 23.2 Å².